The molecule has 0 bridgehead atoms. The van der Waals surface area contributed by atoms with Crippen molar-refractivity contribution in [3.05, 3.63) is 45.7 Å². The second kappa shape index (κ2) is 7.36. The van der Waals surface area contributed by atoms with Gasteiger partial charge in [0.15, 0.2) is 0 Å². The Kier molecular flexibility index (Phi) is 5.21. The maximum atomic E-state index is 12.5. The number of hydrogen-bond donors (Lipinski definition) is 1. The van der Waals surface area contributed by atoms with Crippen LogP contribution in [0.5, 0.6) is 0 Å². The number of aryl methyl sites for hydroxylation is 1. The zero-order valence-electron chi connectivity index (χ0n) is 13.4. The van der Waals surface area contributed by atoms with Gasteiger partial charge in [-0.1, -0.05) is 23.2 Å². The van der Waals surface area contributed by atoms with Gasteiger partial charge < -0.3 is 10.2 Å². The largest absolute Gasteiger partial charge is 0.341 e. The molecule has 1 aromatic heterocycles. The first-order chi connectivity index (χ1) is 11.5. The van der Waals surface area contributed by atoms with Crippen molar-refractivity contribution in [1.82, 2.24) is 9.97 Å². The number of hydrogen-bond acceptors (Lipinski definition) is 4. The fourth-order valence-corrected chi connectivity index (χ4v) is 3.14. The van der Waals surface area contributed by atoms with Crippen LogP contribution in [0.4, 0.5) is 11.6 Å². The zero-order valence-corrected chi connectivity index (χ0v) is 14.9. The van der Waals surface area contributed by atoms with E-state index in [2.05, 4.69) is 20.2 Å². The number of aromatic nitrogens is 2. The quantitative estimate of drug-likeness (QED) is 0.879. The summed E-state index contributed by atoms with van der Waals surface area (Å²) in [5, 5.41) is 3.68. The fourth-order valence-electron chi connectivity index (χ4n) is 2.68. The van der Waals surface area contributed by atoms with Gasteiger partial charge in [0, 0.05) is 23.8 Å². The highest BCUT2D eigenvalue weighted by Crippen LogP contribution is 2.26. The number of carbonyl (C=O) groups is 1. The third-order valence-corrected chi connectivity index (χ3v) is 4.44. The molecule has 3 rings (SSSR count). The van der Waals surface area contributed by atoms with Crippen molar-refractivity contribution in [1.29, 1.82) is 0 Å². The van der Waals surface area contributed by atoms with E-state index >= 15 is 0 Å². The van der Waals surface area contributed by atoms with Gasteiger partial charge in [0.05, 0.1) is 10.7 Å². The molecule has 0 saturated carbocycles. The molecular weight excluding hydrogens is 347 g/mol. The summed E-state index contributed by atoms with van der Waals surface area (Å²) in [5.74, 6) is 0.296. The van der Waals surface area contributed by atoms with Crippen molar-refractivity contribution in [2.24, 2.45) is 0 Å². The first kappa shape index (κ1) is 17.0. The molecule has 1 fully saturated rings. The van der Waals surface area contributed by atoms with Crippen LogP contribution in [0.2, 0.25) is 10.0 Å². The van der Waals surface area contributed by atoms with Gasteiger partial charge in [-0.15, -0.1) is 0 Å². The topological polar surface area (TPSA) is 58.1 Å². The number of halogens is 2. The lowest BCUT2D eigenvalue weighted by Gasteiger charge is -2.27. The molecule has 1 aliphatic heterocycles. The molecule has 1 N–H and O–H groups in total. The molecule has 2 aromatic rings. The van der Waals surface area contributed by atoms with Crippen molar-refractivity contribution in [2.75, 3.05) is 23.3 Å². The average molecular weight is 365 g/mol. The van der Waals surface area contributed by atoms with Gasteiger partial charge in [-0.2, -0.15) is 0 Å². The van der Waals surface area contributed by atoms with Crippen LogP contribution in [0.1, 0.15) is 35.4 Å². The van der Waals surface area contributed by atoms with Gasteiger partial charge in [0.25, 0.3) is 5.91 Å². The van der Waals surface area contributed by atoms with Crippen LogP contribution in [-0.4, -0.2) is 29.0 Å². The number of carbonyl (C=O) groups excluding carboxylic acids is 1. The van der Waals surface area contributed by atoms with Gasteiger partial charge >= 0.3 is 0 Å². The third-order valence-electron chi connectivity index (χ3n) is 3.89. The van der Waals surface area contributed by atoms with Gasteiger partial charge in [-0.05, 0) is 50.5 Å². The summed E-state index contributed by atoms with van der Waals surface area (Å²) < 4.78 is 0. The van der Waals surface area contributed by atoms with Gasteiger partial charge in [0.2, 0.25) is 5.95 Å². The number of anilines is 2. The molecule has 0 radical (unpaired) electrons. The fraction of sp³-hybridized carbons (Fsp3) is 0.353. The summed E-state index contributed by atoms with van der Waals surface area (Å²) in [4.78, 5) is 23.6. The summed E-state index contributed by atoms with van der Waals surface area (Å²) in [7, 11) is 0. The predicted molar refractivity (Wildman–Crippen MR) is 97.2 cm³/mol. The molecule has 0 unspecified atom stereocenters. The van der Waals surface area contributed by atoms with Crippen molar-refractivity contribution in [3.8, 4) is 0 Å². The lowest BCUT2D eigenvalue weighted by molar-refractivity contribution is 0.102. The molecule has 1 amide bonds. The first-order valence-corrected chi connectivity index (χ1v) is 8.65. The molecule has 1 saturated heterocycles. The summed E-state index contributed by atoms with van der Waals surface area (Å²) in [6.45, 7) is 3.71. The van der Waals surface area contributed by atoms with Crippen molar-refractivity contribution in [3.63, 3.8) is 0 Å². The Bertz CT molecular complexity index is 760. The smallest absolute Gasteiger partial charge is 0.274 e. The van der Waals surface area contributed by atoms with Crippen molar-refractivity contribution in [2.45, 2.75) is 26.2 Å². The molecule has 126 valence electrons. The SMILES string of the molecule is Cc1cc(C(=O)Nc2ccc(Cl)cc2Cl)nc(N2CCCCC2)n1. The molecule has 0 aliphatic carbocycles. The minimum Gasteiger partial charge on any atom is -0.341 e. The van der Waals surface area contributed by atoms with Crippen LogP contribution >= 0.6 is 23.2 Å². The number of piperidine rings is 1. The Balaban J connectivity index is 1.82. The second-order valence-electron chi connectivity index (χ2n) is 5.82. The summed E-state index contributed by atoms with van der Waals surface area (Å²) in [6, 6.07) is 6.60. The molecule has 1 aromatic carbocycles. The van der Waals surface area contributed by atoms with Crippen molar-refractivity contribution < 1.29 is 4.79 Å². The number of amides is 1. The summed E-state index contributed by atoms with van der Waals surface area (Å²) >= 11 is 12.0. The monoisotopic (exact) mass is 364 g/mol. The minimum absolute atomic E-state index is 0.317. The van der Waals surface area contributed by atoms with Crippen LogP contribution in [0.15, 0.2) is 24.3 Å². The Morgan fingerprint density at radius 3 is 2.58 bits per heavy atom. The molecule has 1 aliphatic rings. The first-order valence-electron chi connectivity index (χ1n) is 7.90. The van der Waals surface area contributed by atoms with Gasteiger partial charge in [0.1, 0.15) is 5.69 Å². The average Bonchev–Trinajstić information content (AvgIpc) is 2.57. The van der Waals surface area contributed by atoms with E-state index in [0.29, 0.717) is 27.4 Å². The van der Waals surface area contributed by atoms with E-state index in [4.69, 9.17) is 23.2 Å². The van der Waals surface area contributed by atoms with Crippen LogP contribution in [-0.2, 0) is 0 Å². The van der Waals surface area contributed by atoms with Crippen LogP contribution in [0.25, 0.3) is 0 Å². The lowest BCUT2D eigenvalue weighted by Crippen LogP contribution is -2.31. The van der Waals surface area contributed by atoms with E-state index in [0.717, 1.165) is 31.6 Å². The molecular formula is C17H18Cl2N4O. The number of rotatable bonds is 3. The minimum atomic E-state index is -0.317. The van der Waals surface area contributed by atoms with E-state index in [1.165, 1.54) is 6.42 Å². The highest BCUT2D eigenvalue weighted by atomic mass is 35.5. The van der Waals surface area contributed by atoms with E-state index < -0.39 is 0 Å². The predicted octanol–water partition coefficient (Wildman–Crippen LogP) is 4.33. The van der Waals surface area contributed by atoms with Gasteiger partial charge in [-0.25, -0.2) is 9.97 Å². The van der Waals surface area contributed by atoms with Crippen molar-refractivity contribution >= 4 is 40.7 Å². The molecule has 0 atom stereocenters. The lowest BCUT2D eigenvalue weighted by atomic mass is 10.1. The molecule has 0 spiro atoms. The Morgan fingerprint density at radius 2 is 1.88 bits per heavy atom. The Hall–Kier alpha value is -1.85. The maximum Gasteiger partial charge on any atom is 0.274 e. The van der Waals surface area contributed by atoms with E-state index in [-0.39, 0.29) is 5.91 Å². The highest BCUT2D eigenvalue weighted by molar-refractivity contribution is 6.36. The number of nitrogens with zero attached hydrogens (tertiary/aromatic N) is 3. The maximum absolute atomic E-state index is 12.5. The zero-order chi connectivity index (χ0) is 17.1. The third kappa shape index (κ3) is 3.97. The van der Waals surface area contributed by atoms with Crippen LogP contribution < -0.4 is 10.2 Å². The van der Waals surface area contributed by atoms with Crippen LogP contribution in [0, 0.1) is 6.92 Å². The summed E-state index contributed by atoms with van der Waals surface area (Å²) in [5.41, 5.74) is 1.59. The number of benzene rings is 1. The van der Waals surface area contributed by atoms with E-state index in [9.17, 15) is 4.79 Å². The standard InChI is InChI=1S/C17H18Cl2N4O/c1-11-9-15(22-17(20-11)23-7-3-2-4-8-23)16(24)21-14-6-5-12(18)10-13(14)19/h5-6,9-10H,2-4,7-8H2,1H3,(H,21,24). The van der Waals surface area contributed by atoms with E-state index in [1.54, 1.807) is 24.3 Å². The second-order valence-corrected chi connectivity index (χ2v) is 6.66. The Labute approximate surface area is 151 Å². The van der Waals surface area contributed by atoms with E-state index in [1.807, 2.05) is 6.92 Å². The van der Waals surface area contributed by atoms with Crippen LogP contribution in [0.3, 0.4) is 0 Å². The normalized spacial score (nSPS) is 14.5. The van der Waals surface area contributed by atoms with Gasteiger partial charge in [-0.3, -0.25) is 4.79 Å². The Morgan fingerprint density at radius 1 is 1.12 bits per heavy atom. The highest BCUT2D eigenvalue weighted by Gasteiger charge is 2.17. The summed E-state index contributed by atoms with van der Waals surface area (Å²) in [6.07, 6.45) is 3.48. The molecule has 5 nitrogen and oxygen atoms in total. The molecule has 7 heteroatoms. The molecule has 2 heterocycles. The number of nitrogens with one attached hydrogen (secondary N) is 1. The molecule has 24 heavy (non-hydrogen) atoms.